The molecule has 2 atom stereocenters. The number of hydrogen-bond acceptors (Lipinski definition) is 3. The standard InChI is InChI=1S/C24H23Cl2NO2/c25-20-11-12-22(21(26)15-20)29-24(19-9-5-2-6-10-19)23-17-27(13-14-28-23)16-18-7-3-1-4-8-18/h1-12,15,23-24H,13-14,16-17H2/t23-,24+/m0/s1. The van der Waals surface area contributed by atoms with Gasteiger partial charge in [-0.2, -0.15) is 0 Å². The summed E-state index contributed by atoms with van der Waals surface area (Å²) in [6.07, 6.45) is -0.380. The van der Waals surface area contributed by atoms with Crippen molar-refractivity contribution in [2.24, 2.45) is 0 Å². The van der Waals surface area contributed by atoms with E-state index in [0.29, 0.717) is 22.4 Å². The first-order valence-corrected chi connectivity index (χ1v) is 10.5. The van der Waals surface area contributed by atoms with Crippen molar-refractivity contribution in [1.29, 1.82) is 0 Å². The number of benzene rings is 3. The number of halogens is 2. The number of ether oxygens (including phenoxy) is 2. The molecule has 0 bridgehead atoms. The van der Waals surface area contributed by atoms with Crippen molar-refractivity contribution in [3.05, 3.63) is 100 Å². The van der Waals surface area contributed by atoms with Crippen LogP contribution in [0.1, 0.15) is 17.2 Å². The molecule has 1 saturated heterocycles. The topological polar surface area (TPSA) is 21.7 Å². The first kappa shape index (κ1) is 20.2. The van der Waals surface area contributed by atoms with E-state index >= 15 is 0 Å². The van der Waals surface area contributed by atoms with Crippen LogP contribution in [0, 0.1) is 0 Å². The van der Waals surface area contributed by atoms with Gasteiger partial charge in [0.2, 0.25) is 0 Å². The molecule has 0 aromatic heterocycles. The predicted molar refractivity (Wildman–Crippen MR) is 118 cm³/mol. The van der Waals surface area contributed by atoms with Crippen LogP contribution in [0.25, 0.3) is 0 Å². The molecule has 0 unspecified atom stereocenters. The van der Waals surface area contributed by atoms with Crippen LogP contribution < -0.4 is 4.74 Å². The average molecular weight is 428 g/mol. The molecule has 1 heterocycles. The Kier molecular flexibility index (Phi) is 6.73. The van der Waals surface area contributed by atoms with E-state index in [1.165, 1.54) is 5.56 Å². The fourth-order valence-corrected chi connectivity index (χ4v) is 4.06. The molecule has 0 radical (unpaired) electrons. The fourth-order valence-electron chi connectivity index (χ4n) is 3.61. The highest BCUT2D eigenvalue weighted by Crippen LogP contribution is 2.34. The summed E-state index contributed by atoms with van der Waals surface area (Å²) in [7, 11) is 0. The van der Waals surface area contributed by atoms with E-state index in [4.69, 9.17) is 32.7 Å². The quantitative estimate of drug-likeness (QED) is 0.480. The lowest BCUT2D eigenvalue weighted by Crippen LogP contribution is -2.45. The Labute approximate surface area is 181 Å². The summed E-state index contributed by atoms with van der Waals surface area (Å²) in [5.41, 5.74) is 2.36. The maximum Gasteiger partial charge on any atom is 0.151 e. The molecule has 0 aliphatic carbocycles. The first-order valence-electron chi connectivity index (χ1n) is 9.73. The van der Waals surface area contributed by atoms with Gasteiger partial charge in [0.15, 0.2) is 6.10 Å². The van der Waals surface area contributed by atoms with Crippen molar-refractivity contribution >= 4 is 23.2 Å². The van der Waals surface area contributed by atoms with Gasteiger partial charge in [-0.3, -0.25) is 4.90 Å². The molecule has 0 saturated carbocycles. The van der Waals surface area contributed by atoms with Crippen LogP contribution >= 0.6 is 23.2 Å². The molecule has 0 amide bonds. The van der Waals surface area contributed by atoms with Gasteiger partial charge in [0, 0.05) is 24.7 Å². The summed E-state index contributed by atoms with van der Waals surface area (Å²) in [5, 5.41) is 1.08. The van der Waals surface area contributed by atoms with Gasteiger partial charge in [0.25, 0.3) is 0 Å². The lowest BCUT2D eigenvalue weighted by atomic mass is 10.0. The zero-order chi connectivity index (χ0) is 20.1. The molecule has 150 valence electrons. The second-order valence-electron chi connectivity index (χ2n) is 7.15. The van der Waals surface area contributed by atoms with Gasteiger partial charge in [-0.25, -0.2) is 0 Å². The number of rotatable bonds is 6. The normalized spacial score (nSPS) is 18.3. The second-order valence-corrected chi connectivity index (χ2v) is 8.00. The monoisotopic (exact) mass is 427 g/mol. The SMILES string of the molecule is Clc1ccc(O[C@H](c2ccccc2)[C@@H]2CN(Cc3ccccc3)CCO2)c(Cl)c1. The van der Waals surface area contributed by atoms with Crippen molar-refractivity contribution in [1.82, 2.24) is 4.90 Å². The predicted octanol–water partition coefficient (Wildman–Crippen LogP) is 6.01. The zero-order valence-corrected chi connectivity index (χ0v) is 17.5. The van der Waals surface area contributed by atoms with Gasteiger partial charge in [0.05, 0.1) is 11.6 Å². The molecule has 3 aromatic rings. The van der Waals surface area contributed by atoms with Crippen molar-refractivity contribution < 1.29 is 9.47 Å². The smallest absolute Gasteiger partial charge is 0.151 e. The highest BCUT2D eigenvalue weighted by Gasteiger charge is 2.31. The van der Waals surface area contributed by atoms with E-state index in [0.717, 1.165) is 25.2 Å². The van der Waals surface area contributed by atoms with Crippen LogP contribution in [0.2, 0.25) is 10.0 Å². The minimum atomic E-state index is -0.270. The maximum atomic E-state index is 6.38. The summed E-state index contributed by atoms with van der Waals surface area (Å²) < 4.78 is 12.5. The molecule has 4 rings (SSSR count). The molecule has 0 N–H and O–H groups in total. The van der Waals surface area contributed by atoms with Crippen LogP contribution in [0.4, 0.5) is 0 Å². The van der Waals surface area contributed by atoms with Crippen LogP contribution in [-0.2, 0) is 11.3 Å². The van der Waals surface area contributed by atoms with E-state index in [-0.39, 0.29) is 12.2 Å². The van der Waals surface area contributed by atoms with Crippen molar-refractivity contribution in [3.8, 4) is 5.75 Å². The van der Waals surface area contributed by atoms with Crippen LogP contribution in [-0.4, -0.2) is 30.7 Å². The van der Waals surface area contributed by atoms with Gasteiger partial charge < -0.3 is 9.47 Å². The zero-order valence-electron chi connectivity index (χ0n) is 16.0. The lowest BCUT2D eigenvalue weighted by molar-refractivity contribution is -0.0838. The Balaban J connectivity index is 1.55. The fraction of sp³-hybridized carbons (Fsp3) is 0.250. The Morgan fingerprint density at radius 2 is 1.69 bits per heavy atom. The van der Waals surface area contributed by atoms with Crippen LogP contribution in [0.5, 0.6) is 5.75 Å². The third-order valence-corrected chi connectivity index (χ3v) is 5.57. The van der Waals surface area contributed by atoms with Crippen LogP contribution in [0.3, 0.4) is 0 Å². The van der Waals surface area contributed by atoms with E-state index in [9.17, 15) is 0 Å². The second kappa shape index (κ2) is 9.64. The van der Waals surface area contributed by atoms with Gasteiger partial charge in [0.1, 0.15) is 11.9 Å². The average Bonchev–Trinajstić information content (AvgIpc) is 2.75. The van der Waals surface area contributed by atoms with E-state index in [1.807, 2.05) is 30.3 Å². The highest BCUT2D eigenvalue weighted by atomic mass is 35.5. The molecular formula is C24H23Cl2NO2. The molecule has 5 heteroatoms. The number of nitrogens with zero attached hydrogens (tertiary/aromatic N) is 1. The third-order valence-electron chi connectivity index (χ3n) is 5.04. The lowest BCUT2D eigenvalue weighted by Gasteiger charge is -2.37. The Hall–Kier alpha value is -2.04. The molecule has 0 spiro atoms. The Bertz CT molecular complexity index is 921. The largest absolute Gasteiger partial charge is 0.481 e. The summed E-state index contributed by atoms with van der Waals surface area (Å²) in [4.78, 5) is 2.41. The van der Waals surface area contributed by atoms with E-state index in [1.54, 1.807) is 12.1 Å². The van der Waals surface area contributed by atoms with E-state index in [2.05, 4.69) is 41.3 Å². The van der Waals surface area contributed by atoms with Gasteiger partial charge in [-0.1, -0.05) is 83.9 Å². The molecule has 1 aliphatic rings. The number of hydrogen-bond donors (Lipinski definition) is 0. The summed E-state index contributed by atoms with van der Waals surface area (Å²) in [6.45, 7) is 3.23. The summed E-state index contributed by atoms with van der Waals surface area (Å²) >= 11 is 12.4. The van der Waals surface area contributed by atoms with Crippen molar-refractivity contribution in [2.75, 3.05) is 19.7 Å². The van der Waals surface area contributed by atoms with Crippen LogP contribution in [0.15, 0.2) is 78.9 Å². The summed E-state index contributed by atoms with van der Waals surface area (Å²) in [6, 6.07) is 26.0. The third kappa shape index (κ3) is 5.31. The number of morpholine rings is 1. The Morgan fingerprint density at radius 3 is 2.41 bits per heavy atom. The van der Waals surface area contributed by atoms with Gasteiger partial charge in [-0.15, -0.1) is 0 Å². The molecule has 1 aliphatic heterocycles. The first-order chi connectivity index (χ1) is 14.2. The maximum absolute atomic E-state index is 6.38. The Morgan fingerprint density at radius 1 is 0.966 bits per heavy atom. The molecule has 3 nitrogen and oxygen atoms in total. The van der Waals surface area contributed by atoms with Crippen molar-refractivity contribution in [2.45, 2.75) is 18.8 Å². The molecule has 1 fully saturated rings. The molecule has 3 aromatic carbocycles. The van der Waals surface area contributed by atoms with Crippen molar-refractivity contribution in [3.63, 3.8) is 0 Å². The van der Waals surface area contributed by atoms with Gasteiger partial charge >= 0.3 is 0 Å². The molecule has 29 heavy (non-hydrogen) atoms. The minimum Gasteiger partial charge on any atom is -0.481 e. The highest BCUT2D eigenvalue weighted by molar-refractivity contribution is 6.35. The van der Waals surface area contributed by atoms with Gasteiger partial charge in [-0.05, 0) is 29.3 Å². The minimum absolute atomic E-state index is 0.110. The van der Waals surface area contributed by atoms with E-state index < -0.39 is 0 Å². The summed E-state index contributed by atoms with van der Waals surface area (Å²) in [5.74, 6) is 0.605. The molecular weight excluding hydrogens is 405 g/mol.